The van der Waals surface area contributed by atoms with Crippen LogP contribution < -0.4 is 10.6 Å². The highest BCUT2D eigenvalue weighted by Crippen LogP contribution is 2.12. The monoisotopic (exact) mass is 246 g/mol. The molecule has 0 fully saturated rings. The molecule has 0 aliphatic rings. The second-order valence-electron chi connectivity index (χ2n) is 5.03. The zero-order valence-electron chi connectivity index (χ0n) is 10.8. The normalized spacial score (nSPS) is 14.9. The lowest BCUT2D eigenvalue weighted by molar-refractivity contribution is -0.133. The average molecular weight is 246 g/mol. The molecule has 6 heteroatoms. The summed E-state index contributed by atoms with van der Waals surface area (Å²) in [6, 6.07) is -0.674. The minimum Gasteiger partial charge on any atom is -0.394 e. The Kier molecular flexibility index (Phi) is 6.12. The van der Waals surface area contributed by atoms with Gasteiger partial charge in [0.25, 0.3) is 0 Å². The van der Waals surface area contributed by atoms with Gasteiger partial charge in [-0.25, -0.2) is 0 Å². The van der Waals surface area contributed by atoms with Crippen molar-refractivity contribution in [2.45, 2.75) is 39.8 Å². The molecule has 0 bridgehead atoms. The first-order valence-electron chi connectivity index (χ1n) is 5.56. The molecule has 0 saturated carbocycles. The molecule has 0 radical (unpaired) electrons. The van der Waals surface area contributed by atoms with Gasteiger partial charge >= 0.3 is 0 Å². The van der Waals surface area contributed by atoms with Crippen molar-refractivity contribution in [2.24, 2.45) is 5.41 Å². The van der Waals surface area contributed by atoms with Crippen LogP contribution in [-0.4, -0.2) is 47.3 Å². The summed E-state index contributed by atoms with van der Waals surface area (Å²) in [6.45, 7) is 6.37. The first kappa shape index (κ1) is 15.9. The molecule has 6 nitrogen and oxygen atoms in total. The fourth-order valence-corrected chi connectivity index (χ4v) is 0.915. The van der Waals surface area contributed by atoms with E-state index < -0.39 is 30.1 Å². The van der Waals surface area contributed by atoms with Crippen molar-refractivity contribution in [3.8, 4) is 0 Å². The van der Waals surface area contributed by atoms with Crippen molar-refractivity contribution in [1.29, 1.82) is 0 Å². The topological polar surface area (TPSA) is 98.7 Å². The molecule has 4 N–H and O–H groups in total. The quantitative estimate of drug-likeness (QED) is 0.500. The standard InChI is InChI=1S/C11H22N2O4/c1-7(13-10(17)11(2,3)4)9(16)12-5-8(15)6-14/h7-8,14-15H,5-6H2,1-4H3,(H,12,16)(H,13,17). The Morgan fingerprint density at radius 2 is 1.82 bits per heavy atom. The summed E-state index contributed by atoms with van der Waals surface area (Å²) < 4.78 is 0. The highest BCUT2D eigenvalue weighted by atomic mass is 16.3. The Labute approximate surface area is 101 Å². The van der Waals surface area contributed by atoms with E-state index in [1.807, 2.05) is 0 Å². The highest BCUT2D eigenvalue weighted by molar-refractivity contribution is 5.89. The van der Waals surface area contributed by atoms with Crippen LogP contribution >= 0.6 is 0 Å². The molecule has 2 unspecified atom stereocenters. The van der Waals surface area contributed by atoms with Crippen molar-refractivity contribution in [3.63, 3.8) is 0 Å². The molecular formula is C11H22N2O4. The molecule has 0 aromatic rings. The summed E-state index contributed by atoms with van der Waals surface area (Å²) in [5.41, 5.74) is -0.556. The summed E-state index contributed by atoms with van der Waals surface area (Å²) in [5.74, 6) is -0.613. The minimum atomic E-state index is -0.982. The Balaban J connectivity index is 4.11. The summed E-state index contributed by atoms with van der Waals surface area (Å²) >= 11 is 0. The number of carbonyl (C=O) groups excluding carboxylic acids is 2. The zero-order chi connectivity index (χ0) is 13.6. The van der Waals surface area contributed by atoms with Crippen molar-refractivity contribution < 1.29 is 19.8 Å². The number of aliphatic hydroxyl groups excluding tert-OH is 2. The lowest BCUT2D eigenvalue weighted by Crippen LogP contribution is -2.49. The van der Waals surface area contributed by atoms with Crippen LogP contribution in [0.1, 0.15) is 27.7 Å². The van der Waals surface area contributed by atoms with Gasteiger partial charge in [0.05, 0.1) is 12.7 Å². The third-order valence-corrected chi connectivity index (χ3v) is 2.14. The maximum atomic E-state index is 11.6. The summed E-state index contributed by atoms with van der Waals surface area (Å²) in [5, 5.41) is 22.6. The predicted molar refractivity (Wildman–Crippen MR) is 63.2 cm³/mol. The van der Waals surface area contributed by atoms with E-state index in [-0.39, 0.29) is 12.5 Å². The number of aliphatic hydroxyl groups is 2. The first-order chi connectivity index (χ1) is 7.68. The molecule has 0 aromatic carbocycles. The van der Waals surface area contributed by atoms with Gasteiger partial charge in [-0.15, -0.1) is 0 Å². The van der Waals surface area contributed by atoms with Crippen LogP contribution in [0.3, 0.4) is 0 Å². The Hall–Kier alpha value is -1.14. The van der Waals surface area contributed by atoms with E-state index in [9.17, 15) is 9.59 Å². The van der Waals surface area contributed by atoms with Crippen molar-refractivity contribution >= 4 is 11.8 Å². The Morgan fingerprint density at radius 1 is 1.29 bits per heavy atom. The molecule has 100 valence electrons. The maximum Gasteiger partial charge on any atom is 0.242 e. The number of rotatable bonds is 5. The predicted octanol–water partition coefficient (Wildman–Crippen LogP) is -0.993. The summed E-state index contributed by atoms with van der Waals surface area (Å²) in [7, 11) is 0. The van der Waals surface area contributed by atoms with E-state index in [1.54, 1.807) is 27.7 Å². The SMILES string of the molecule is CC(NC(=O)C(C)(C)C)C(=O)NCC(O)CO. The van der Waals surface area contributed by atoms with Crippen molar-refractivity contribution in [2.75, 3.05) is 13.2 Å². The molecule has 0 aliphatic heterocycles. The van der Waals surface area contributed by atoms with Gasteiger partial charge in [0.15, 0.2) is 0 Å². The molecular weight excluding hydrogens is 224 g/mol. The fraction of sp³-hybridized carbons (Fsp3) is 0.818. The Bertz CT molecular complexity index is 273. The van der Waals surface area contributed by atoms with E-state index in [0.29, 0.717) is 0 Å². The zero-order valence-corrected chi connectivity index (χ0v) is 10.8. The number of nitrogens with one attached hydrogen (secondary N) is 2. The van der Waals surface area contributed by atoms with Crippen LogP contribution in [0.4, 0.5) is 0 Å². The van der Waals surface area contributed by atoms with Gasteiger partial charge in [-0.05, 0) is 6.92 Å². The highest BCUT2D eigenvalue weighted by Gasteiger charge is 2.25. The Morgan fingerprint density at radius 3 is 2.24 bits per heavy atom. The van der Waals surface area contributed by atoms with Crippen molar-refractivity contribution in [1.82, 2.24) is 10.6 Å². The number of carbonyl (C=O) groups is 2. The number of hydrogen-bond acceptors (Lipinski definition) is 4. The summed E-state index contributed by atoms with van der Waals surface area (Å²) in [6.07, 6.45) is -0.982. The van der Waals surface area contributed by atoms with E-state index in [1.165, 1.54) is 0 Å². The van der Waals surface area contributed by atoms with Gasteiger partial charge in [0.1, 0.15) is 6.04 Å². The van der Waals surface area contributed by atoms with Crippen molar-refractivity contribution in [3.05, 3.63) is 0 Å². The maximum absolute atomic E-state index is 11.6. The smallest absolute Gasteiger partial charge is 0.242 e. The lowest BCUT2D eigenvalue weighted by Gasteiger charge is -2.21. The summed E-state index contributed by atoms with van der Waals surface area (Å²) in [4.78, 5) is 23.1. The van der Waals surface area contributed by atoms with Gasteiger partial charge < -0.3 is 20.8 Å². The van der Waals surface area contributed by atoms with E-state index in [4.69, 9.17) is 10.2 Å². The van der Waals surface area contributed by atoms with Crippen LogP contribution in [0.25, 0.3) is 0 Å². The fourth-order valence-electron chi connectivity index (χ4n) is 0.915. The molecule has 2 amide bonds. The second-order valence-corrected chi connectivity index (χ2v) is 5.03. The number of amides is 2. The lowest BCUT2D eigenvalue weighted by atomic mass is 9.95. The molecule has 0 heterocycles. The van der Waals surface area contributed by atoms with Crippen LogP contribution in [0.15, 0.2) is 0 Å². The largest absolute Gasteiger partial charge is 0.394 e. The second kappa shape index (κ2) is 6.56. The van der Waals surface area contributed by atoms with E-state index in [2.05, 4.69) is 10.6 Å². The van der Waals surface area contributed by atoms with Crippen LogP contribution in [-0.2, 0) is 9.59 Å². The van der Waals surface area contributed by atoms with Gasteiger partial charge in [-0.1, -0.05) is 20.8 Å². The molecule has 2 atom stereocenters. The number of hydrogen-bond donors (Lipinski definition) is 4. The molecule has 0 saturated heterocycles. The third kappa shape index (κ3) is 6.23. The van der Waals surface area contributed by atoms with Gasteiger partial charge in [0.2, 0.25) is 11.8 Å². The molecule has 0 rings (SSSR count). The molecule has 17 heavy (non-hydrogen) atoms. The van der Waals surface area contributed by atoms with Gasteiger partial charge in [0, 0.05) is 12.0 Å². The van der Waals surface area contributed by atoms with Crippen LogP contribution in [0.2, 0.25) is 0 Å². The molecule has 0 spiro atoms. The molecule has 0 aliphatic carbocycles. The molecule has 0 aromatic heterocycles. The van der Waals surface area contributed by atoms with Gasteiger partial charge in [-0.3, -0.25) is 9.59 Å². The average Bonchev–Trinajstić information content (AvgIpc) is 2.23. The third-order valence-electron chi connectivity index (χ3n) is 2.14. The minimum absolute atomic E-state index is 0.0366. The van der Waals surface area contributed by atoms with E-state index in [0.717, 1.165) is 0 Å². The van der Waals surface area contributed by atoms with Gasteiger partial charge in [-0.2, -0.15) is 0 Å². The first-order valence-corrected chi connectivity index (χ1v) is 5.56. The van der Waals surface area contributed by atoms with Crippen LogP contribution in [0, 0.1) is 5.41 Å². The van der Waals surface area contributed by atoms with E-state index >= 15 is 0 Å². The van der Waals surface area contributed by atoms with Crippen LogP contribution in [0.5, 0.6) is 0 Å².